The summed E-state index contributed by atoms with van der Waals surface area (Å²) in [6.07, 6.45) is 1.43. The maximum Gasteiger partial charge on any atom is 0.273 e. The Kier molecular flexibility index (Phi) is 8.69. The molecule has 0 bridgehead atoms. The van der Waals surface area contributed by atoms with E-state index in [-0.39, 0.29) is 23.7 Å². The Hall–Kier alpha value is -4.68. The molecule has 1 aromatic heterocycles. The van der Waals surface area contributed by atoms with Gasteiger partial charge >= 0.3 is 0 Å². The molecule has 5 rings (SSSR count). The fraction of sp³-hybridized carbons (Fsp3) is 0.176. The number of carbonyl (C=O) groups excluding carboxylic acids is 1. The number of ether oxygens (including phenoxy) is 1. The lowest BCUT2D eigenvalue weighted by atomic mass is 10.1. The maximum absolute atomic E-state index is 12.9. The number of hydrogen-bond donors (Lipinski definition) is 1. The van der Waals surface area contributed by atoms with E-state index in [2.05, 4.69) is 46.4 Å². The number of para-hydroxylation sites is 1. The highest BCUT2D eigenvalue weighted by atomic mass is 16.5. The van der Waals surface area contributed by atoms with E-state index in [0.29, 0.717) is 19.0 Å². The zero-order valence-electron chi connectivity index (χ0n) is 22.7. The average Bonchev–Trinajstić information content (AvgIpc) is 3.47. The lowest BCUT2D eigenvalue weighted by Gasteiger charge is -2.28. The number of nitrogens with one attached hydrogen (secondary N) is 1. The van der Waals surface area contributed by atoms with Crippen LogP contribution in [0.3, 0.4) is 0 Å². The van der Waals surface area contributed by atoms with Gasteiger partial charge in [0.2, 0.25) is 5.89 Å². The molecule has 6 heteroatoms. The quantitative estimate of drug-likeness (QED) is 0.189. The molecule has 0 aliphatic carbocycles. The minimum atomic E-state index is -0.264. The van der Waals surface area contributed by atoms with E-state index in [0.717, 1.165) is 22.6 Å². The van der Waals surface area contributed by atoms with E-state index in [1.807, 2.05) is 97.9 Å². The van der Waals surface area contributed by atoms with Gasteiger partial charge in [-0.2, -0.15) is 0 Å². The molecule has 202 valence electrons. The summed E-state index contributed by atoms with van der Waals surface area (Å²) in [7, 11) is 0. The van der Waals surface area contributed by atoms with Crippen LogP contribution in [-0.4, -0.2) is 15.8 Å². The monoisotopic (exact) mass is 531 g/mol. The van der Waals surface area contributed by atoms with Gasteiger partial charge in [-0.3, -0.25) is 9.69 Å². The van der Waals surface area contributed by atoms with Crippen LogP contribution in [0, 0.1) is 0 Å². The van der Waals surface area contributed by atoms with Crippen LogP contribution in [-0.2, 0) is 13.1 Å². The number of amides is 1. The molecule has 0 spiro atoms. The molecule has 1 N–H and O–H groups in total. The van der Waals surface area contributed by atoms with E-state index in [1.54, 1.807) is 0 Å². The first kappa shape index (κ1) is 26.9. The third kappa shape index (κ3) is 7.04. The third-order valence-electron chi connectivity index (χ3n) is 6.86. The van der Waals surface area contributed by atoms with Gasteiger partial charge in [0.15, 0.2) is 5.69 Å². The van der Waals surface area contributed by atoms with Crippen molar-refractivity contribution in [2.75, 3.05) is 0 Å². The van der Waals surface area contributed by atoms with Gasteiger partial charge < -0.3 is 14.5 Å². The van der Waals surface area contributed by atoms with Crippen molar-refractivity contribution in [2.45, 2.75) is 39.0 Å². The first-order valence-electron chi connectivity index (χ1n) is 13.5. The van der Waals surface area contributed by atoms with E-state index in [4.69, 9.17) is 9.15 Å². The Balaban J connectivity index is 1.32. The van der Waals surface area contributed by atoms with Crippen LogP contribution in [0.5, 0.6) is 11.5 Å². The van der Waals surface area contributed by atoms with Gasteiger partial charge in [-0.05, 0) is 54.8 Å². The highest BCUT2D eigenvalue weighted by Crippen LogP contribution is 2.27. The first-order chi connectivity index (χ1) is 19.5. The van der Waals surface area contributed by atoms with Crippen molar-refractivity contribution in [1.82, 2.24) is 15.2 Å². The summed E-state index contributed by atoms with van der Waals surface area (Å²) >= 11 is 0. The molecule has 2 unspecified atom stereocenters. The molecule has 0 saturated carbocycles. The highest BCUT2D eigenvalue weighted by Gasteiger charge is 2.21. The molecule has 0 saturated heterocycles. The van der Waals surface area contributed by atoms with E-state index in [1.165, 1.54) is 11.8 Å². The Morgan fingerprint density at radius 3 is 2.12 bits per heavy atom. The lowest BCUT2D eigenvalue weighted by molar-refractivity contribution is 0.0934. The SMILES string of the molecule is CC(NC(=O)c1coc(CN(Cc2cccc(Oc3ccccc3)c2)C(C)c2ccccc2)n1)c1ccccc1. The molecule has 0 aliphatic rings. The number of carbonyl (C=O) groups is 1. The maximum atomic E-state index is 12.9. The molecule has 0 aliphatic heterocycles. The van der Waals surface area contributed by atoms with Gasteiger partial charge in [0.1, 0.15) is 17.8 Å². The summed E-state index contributed by atoms with van der Waals surface area (Å²) in [6.45, 7) is 5.18. The van der Waals surface area contributed by atoms with Crippen LogP contribution in [0.4, 0.5) is 0 Å². The number of benzene rings is 4. The molecule has 5 aromatic rings. The largest absolute Gasteiger partial charge is 0.457 e. The smallest absolute Gasteiger partial charge is 0.273 e. The predicted octanol–water partition coefficient (Wildman–Crippen LogP) is 7.72. The fourth-order valence-corrected chi connectivity index (χ4v) is 4.60. The summed E-state index contributed by atoms with van der Waals surface area (Å²) in [6, 6.07) is 37.9. The molecule has 0 radical (unpaired) electrons. The van der Waals surface area contributed by atoms with Gasteiger partial charge in [-0.25, -0.2) is 4.98 Å². The molecular formula is C34H33N3O3. The van der Waals surface area contributed by atoms with Gasteiger partial charge in [-0.15, -0.1) is 0 Å². The lowest BCUT2D eigenvalue weighted by Crippen LogP contribution is -2.28. The Morgan fingerprint density at radius 1 is 0.800 bits per heavy atom. The van der Waals surface area contributed by atoms with Crippen LogP contribution in [0.2, 0.25) is 0 Å². The molecule has 4 aromatic carbocycles. The average molecular weight is 532 g/mol. The number of aromatic nitrogens is 1. The summed E-state index contributed by atoms with van der Waals surface area (Å²) < 4.78 is 11.9. The Bertz CT molecular complexity index is 1500. The van der Waals surface area contributed by atoms with Crippen molar-refractivity contribution in [3.8, 4) is 11.5 Å². The second-order valence-corrected chi connectivity index (χ2v) is 9.79. The molecule has 1 amide bonds. The van der Waals surface area contributed by atoms with Crippen molar-refractivity contribution in [3.63, 3.8) is 0 Å². The van der Waals surface area contributed by atoms with Crippen LogP contribution in [0.1, 0.15) is 59.0 Å². The Labute approximate surface area is 235 Å². The predicted molar refractivity (Wildman–Crippen MR) is 156 cm³/mol. The van der Waals surface area contributed by atoms with Crippen molar-refractivity contribution in [2.24, 2.45) is 0 Å². The number of rotatable bonds is 11. The second kappa shape index (κ2) is 12.9. The number of nitrogens with zero attached hydrogens (tertiary/aromatic N) is 2. The molecule has 6 nitrogen and oxygen atoms in total. The molecular weight excluding hydrogens is 498 g/mol. The highest BCUT2D eigenvalue weighted by molar-refractivity contribution is 5.92. The normalized spacial score (nSPS) is 12.6. The minimum Gasteiger partial charge on any atom is -0.457 e. The minimum absolute atomic E-state index is 0.0715. The van der Waals surface area contributed by atoms with Crippen LogP contribution >= 0.6 is 0 Å². The summed E-state index contributed by atoms with van der Waals surface area (Å²) in [5.41, 5.74) is 3.57. The number of oxazole rings is 1. The first-order valence-corrected chi connectivity index (χ1v) is 13.5. The van der Waals surface area contributed by atoms with Crippen LogP contribution < -0.4 is 10.1 Å². The molecule has 1 heterocycles. The van der Waals surface area contributed by atoms with Crippen LogP contribution in [0.15, 0.2) is 126 Å². The van der Waals surface area contributed by atoms with Gasteiger partial charge in [0.25, 0.3) is 5.91 Å². The third-order valence-corrected chi connectivity index (χ3v) is 6.86. The van der Waals surface area contributed by atoms with Crippen molar-refractivity contribution < 1.29 is 13.9 Å². The van der Waals surface area contributed by atoms with Crippen LogP contribution in [0.25, 0.3) is 0 Å². The summed E-state index contributed by atoms with van der Waals surface area (Å²) in [5.74, 6) is 1.79. The zero-order valence-corrected chi connectivity index (χ0v) is 22.7. The van der Waals surface area contributed by atoms with Gasteiger partial charge in [0.05, 0.1) is 12.6 Å². The zero-order chi connectivity index (χ0) is 27.7. The molecule has 40 heavy (non-hydrogen) atoms. The van der Waals surface area contributed by atoms with Gasteiger partial charge in [-0.1, -0.05) is 91.0 Å². The summed E-state index contributed by atoms with van der Waals surface area (Å²) in [4.78, 5) is 19.7. The van der Waals surface area contributed by atoms with E-state index in [9.17, 15) is 4.79 Å². The Morgan fingerprint density at radius 2 is 1.43 bits per heavy atom. The number of hydrogen-bond acceptors (Lipinski definition) is 5. The summed E-state index contributed by atoms with van der Waals surface area (Å²) in [5, 5.41) is 3.00. The van der Waals surface area contributed by atoms with Crippen molar-refractivity contribution in [1.29, 1.82) is 0 Å². The van der Waals surface area contributed by atoms with E-state index >= 15 is 0 Å². The molecule has 2 atom stereocenters. The van der Waals surface area contributed by atoms with Crippen molar-refractivity contribution >= 4 is 5.91 Å². The van der Waals surface area contributed by atoms with E-state index < -0.39 is 0 Å². The van der Waals surface area contributed by atoms with Gasteiger partial charge in [0, 0.05) is 12.6 Å². The second-order valence-electron chi connectivity index (χ2n) is 9.79. The van der Waals surface area contributed by atoms with Crippen molar-refractivity contribution in [3.05, 3.63) is 150 Å². The standard InChI is InChI=1S/C34H33N3O3/c1-25(28-14-6-3-7-15-28)35-34(38)32-24-39-33(36-32)23-37(26(2)29-16-8-4-9-17-29)22-27-13-12-20-31(21-27)40-30-18-10-5-11-19-30/h3-21,24-26H,22-23H2,1-2H3,(H,35,38). The topological polar surface area (TPSA) is 67.6 Å². The molecule has 0 fully saturated rings. The fourth-order valence-electron chi connectivity index (χ4n) is 4.60.